The predicted molar refractivity (Wildman–Crippen MR) is 219 cm³/mol. The molecule has 9 nitrogen and oxygen atoms in total. The Morgan fingerprint density at radius 1 is 0.389 bits per heavy atom. The lowest BCUT2D eigenvalue weighted by Gasteiger charge is -2.43. The molecule has 2 unspecified atom stereocenters. The van der Waals surface area contributed by atoms with Crippen LogP contribution in [0.1, 0.15) is 0 Å². The van der Waals surface area contributed by atoms with E-state index < -0.39 is 24.6 Å². The highest BCUT2D eigenvalue weighted by atomic mass is 35.5. The summed E-state index contributed by atoms with van der Waals surface area (Å²) in [6.45, 7) is 0. The van der Waals surface area contributed by atoms with Gasteiger partial charge in [0.2, 0.25) is 0 Å². The number of benzene rings is 6. The highest BCUT2D eigenvalue weighted by Gasteiger charge is 2.58. The van der Waals surface area contributed by atoms with Gasteiger partial charge in [0.25, 0.3) is 0 Å². The summed E-state index contributed by atoms with van der Waals surface area (Å²) in [5, 5.41) is 3.01. The van der Waals surface area contributed by atoms with Crippen LogP contribution in [0.4, 0.5) is 0 Å². The average Bonchev–Trinajstić information content (AvgIpc) is 3.16. The van der Waals surface area contributed by atoms with Crippen LogP contribution < -0.4 is 27.8 Å². The van der Waals surface area contributed by atoms with E-state index in [1.54, 1.807) is 146 Å². The summed E-state index contributed by atoms with van der Waals surface area (Å²) < 4.78 is 35.3. The Kier molecular flexibility index (Phi) is 12.9. The van der Waals surface area contributed by atoms with Crippen molar-refractivity contribution in [1.82, 2.24) is 9.21 Å². The van der Waals surface area contributed by atoms with Crippen LogP contribution in [0.15, 0.2) is 150 Å². The largest absolute Gasteiger partial charge is 0.447 e. The number of halogens is 6. The van der Waals surface area contributed by atoms with Crippen molar-refractivity contribution in [2.24, 2.45) is 4.52 Å². The van der Waals surface area contributed by atoms with Crippen LogP contribution in [0, 0.1) is 0 Å². The van der Waals surface area contributed by atoms with Gasteiger partial charge >= 0.3 is 24.6 Å². The van der Waals surface area contributed by atoms with Crippen molar-refractivity contribution in [2.45, 2.75) is 0 Å². The highest BCUT2D eigenvalue weighted by molar-refractivity contribution is 7.78. The van der Waals surface area contributed by atoms with E-state index in [9.17, 15) is 0 Å². The molecule has 54 heavy (non-hydrogen) atoms. The Balaban J connectivity index is 1.48. The molecule has 0 fully saturated rings. The van der Waals surface area contributed by atoms with Crippen LogP contribution in [0.3, 0.4) is 0 Å². The number of nitrogens with zero attached hydrogens (tertiary/aromatic N) is 3. The van der Waals surface area contributed by atoms with E-state index >= 15 is 0 Å². The molecule has 6 aromatic carbocycles. The van der Waals surface area contributed by atoms with E-state index in [4.69, 9.17) is 102 Å². The molecule has 2 atom stereocenters. The second-order valence-corrected chi connectivity index (χ2v) is 19.0. The molecule has 1 aliphatic heterocycles. The summed E-state index contributed by atoms with van der Waals surface area (Å²) in [4.78, 5) is 13.3. The molecule has 6 aromatic rings. The topological polar surface area (TPSA) is 74.2 Å². The monoisotopic (exact) mass is 897 g/mol. The zero-order valence-electron chi connectivity index (χ0n) is 27.3. The maximum absolute atomic E-state index is 6.87. The van der Waals surface area contributed by atoms with Gasteiger partial charge in [-0.15, -0.1) is 4.52 Å². The maximum Gasteiger partial charge on any atom is 0.447 e. The van der Waals surface area contributed by atoms with E-state index in [0.29, 0.717) is 64.6 Å². The van der Waals surface area contributed by atoms with Gasteiger partial charge in [0.05, 0.1) is 0 Å². The lowest BCUT2D eigenvalue weighted by atomic mass is 10.3. The van der Waals surface area contributed by atoms with Crippen LogP contribution in [-0.2, 0) is 0 Å². The molecular weight excluding hydrogens is 876 g/mol. The zero-order chi connectivity index (χ0) is 37.7. The molecule has 1 heterocycles. The Labute approximate surface area is 343 Å². The molecule has 0 saturated heterocycles. The molecule has 18 heteroatoms. The first-order valence-corrected chi connectivity index (χ1v) is 21.7. The first kappa shape index (κ1) is 39.1. The van der Waals surface area contributed by atoms with Crippen LogP contribution in [-0.4, -0.2) is 9.21 Å². The maximum atomic E-state index is 6.87. The molecule has 1 aliphatic rings. The minimum atomic E-state index is -3.98. The van der Waals surface area contributed by atoms with E-state index in [1.807, 2.05) is 0 Å². The van der Waals surface area contributed by atoms with Crippen molar-refractivity contribution in [3.05, 3.63) is 176 Å². The van der Waals surface area contributed by atoms with E-state index in [0.717, 1.165) is 0 Å². The van der Waals surface area contributed by atoms with Crippen molar-refractivity contribution in [3.8, 4) is 34.5 Å². The molecule has 0 saturated carbocycles. The summed E-state index contributed by atoms with van der Waals surface area (Å²) in [5.41, 5.74) is 0. The third-order valence-electron chi connectivity index (χ3n) is 6.92. The van der Waals surface area contributed by atoms with E-state index in [1.165, 1.54) is 9.21 Å². The Bertz CT molecular complexity index is 2180. The van der Waals surface area contributed by atoms with Gasteiger partial charge in [-0.3, -0.25) is 0 Å². The van der Waals surface area contributed by atoms with Crippen LogP contribution >= 0.6 is 94.2 Å². The minimum Gasteiger partial charge on any atom is -0.440 e. The third kappa shape index (κ3) is 9.99. The Morgan fingerprint density at radius 3 is 1.09 bits per heavy atom. The summed E-state index contributed by atoms with van der Waals surface area (Å²) in [6, 6.07) is 40.6. The summed E-state index contributed by atoms with van der Waals surface area (Å²) in [5.74, 6) is 2.27. The first-order chi connectivity index (χ1) is 26.1. The average molecular weight is 900 g/mol. The summed E-state index contributed by atoms with van der Waals surface area (Å²) in [6.07, 6.45) is 0. The van der Waals surface area contributed by atoms with E-state index in [2.05, 4.69) is 0 Å². The summed E-state index contributed by atoms with van der Waals surface area (Å²) in [7, 11) is -8.57. The molecule has 0 radical (unpaired) electrons. The molecule has 0 amide bonds. The molecule has 7 rings (SSSR count). The molecule has 0 aromatic heterocycles. The fourth-order valence-corrected chi connectivity index (χ4v) is 12.7. The highest BCUT2D eigenvalue weighted by Crippen LogP contribution is 2.77. The van der Waals surface area contributed by atoms with Crippen LogP contribution in [0.5, 0.6) is 34.5 Å². The fraction of sp³-hybridized carbons (Fsp3) is 0. The van der Waals surface area contributed by atoms with Gasteiger partial charge in [0, 0.05) is 39.3 Å². The van der Waals surface area contributed by atoms with Gasteiger partial charge in [0.1, 0.15) is 34.5 Å². The quantitative estimate of drug-likeness (QED) is 0.112. The van der Waals surface area contributed by atoms with Gasteiger partial charge in [-0.05, 0) is 146 Å². The first-order valence-electron chi connectivity index (χ1n) is 15.6. The van der Waals surface area contributed by atoms with Crippen molar-refractivity contribution in [2.75, 3.05) is 0 Å². The fourth-order valence-electron chi connectivity index (χ4n) is 4.42. The van der Waals surface area contributed by atoms with Gasteiger partial charge in [-0.2, -0.15) is 0 Å². The van der Waals surface area contributed by atoms with Crippen LogP contribution in [0.25, 0.3) is 0 Å². The molecule has 0 spiro atoms. The Hall–Kier alpha value is -3.13. The lowest BCUT2D eigenvalue weighted by molar-refractivity contribution is 0.0545. The second kappa shape index (κ2) is 17.8. The SMILES string of the molecule is Clc1ccc(ON2P(Oc3ccc(Cl)cc3)N=P(Oc3ccc(Cl)cc3)(Oc3ccc(Cl)cc3)N(Oc3ccc(Cl)cc3)P2Oc2ccc(Cl)cc2)cc1. The van der Waals surface area contributed by atoms with Crippen molar-refractivity contribution < 1.29 is 27.8 Å². The Morgan fingerprint density at radius 2 is 0.704 bits per heavy atom. The van der Waals surface area contributed by atoms with Gasteiger partial charge in [-0.1, -0.05) is 69.6 Å². The predicted octanol–water partition coefficient (Wildman–Crippen LogP) is 15.2. The normalized spacial score (nSPS) is 16.9. The van der Waals surface area contributed by atoms with Gasteiger partial charge in [0.15, 0.2) is 0 Å². The molecule has 0 bridgehead atoms. The zero-order valence-corrected chi connectivity index (χ0v) is 34.5. The standard InChI is InChI=1S/C36H24Cl6N3O6P3/c37-25-1-13-31(14-2-25)46-44-52(48-33-17-5-27(39)6-18-33)43-54(50-35-21-9-29(41)10-22-35,51-36-23-11-30(42)12-24-36)45(47-32-15-3-26(38)4-16-32)53(44)49-34-19-7-28(40)8-20-34/h1-24H. The molecule has 276 valence electrons. The summed E-state index contributed by atoms with van der Waals surface area (Å²) >= 11 is 37.7. The van der Waals surface area contributed by atoms with Gasteiger partial charge in [-0.25, -0.2) is 0 Å². The molecular formula is C36H24Cl6N3O6P3. The van der Waals surface area contributed by atoms with Crippen molar-refractivity contribution in [1.29, 1.82) is 0 Å². The number of hydrogen-bond donors (Lipinski definition) is 0. The molecule has 0 N–H and O–H groups in total. The second-order valence-electron chi connectivity index (χ2n) is 10.9. The van der Waals surface area contributed by atoms with Gasteiger partial charge < -0.3 is 27.8 Å². The lowest BCUT2D eigenvalue weighted by Crippen LogP contribution is -2.37. The van der Waals surface area contributed by atoms with Crippen LogP contribution in [0.2, 0.25) is 30.1 Å². The molecule has 0 aliphatic carbocycles. The van der Waals surface area contributed by atoms with Crippen molar-refractivity contribution >= 4 is 94.2 Å². The smallest absolute Gasteiger partial charge is 0.440 e. The third-order valence-corrected chi connectivity index (χ3v) is 15.3. The minimum absolute atomic E-state index is 0.349. The number of hydrogen-bond acceptors (Lipinski definition) is 9. The number of rotatable bonds is 12. The van der Waals surface area contributed by atoms with Crippen molar-refractivity contribution in [3.63, 3.8) is 0 Å². The van der Waals surface area contributed by atoms with E-state index in [-0.39, 0.29) is 0 Å².